The monoisotopic (exact) mass is 629 g/mol. The van der Waals surface area contributed by atoms with Crippen molar-refractivity contribution in [2.75, 3.05) is 0 Å². The summed E-state index contributed by atoms with van der Waals surface area (Å²) in [6.45, 7) is 3.34. The van der Waals surface area contributed by atoms with Crippen molar-refractivity contribution in [1.82, 2.24) is 14.9 Å². The van der Waals surface area contributed by atoms with Crippen LogP contribution in [-0.4, -0.2) is 32.6 Å². The van der Waals surface area contributed by atoms with Crippen LogP contribution in [0.3, 0.4) is 0 Å². The van der Waals surface area contributed by atoms with E-state index in [1.807, 2.05) is 30.3 Å². The average molecular weight is 630 g/mol. The Kier molecular flexibility index (Phi) is 8.69. The zero-order valence-corrected chi connectivity index (χ0v) is 25.1. The Hall–Kier alpha value is -5.45. The molecule has 0 radical (unpaired) electrons. The van der Waals surface area contributed by atoms with Gasteiger partial charge in [0.25, 0.3) is 5.56 Å². The predicted octanol–water partition coefficient (Wildman–Crippen LogP) is 6.50. The summed E-state index contributed by atoms with van der Waals surface area (Å²) in [5.41, 5.74) is -2.85. The number of hydrogen-bond donors (Lipinski definition) is 2. The molecule has 5 rings (SSSR count). The van der Waals surface area contributed by atoms with Gasteiger partial charge in [0.05, 0.1) is 22.2 Å². The summed E-state index contributed by atoms with van der Waals surface area (Å²) < 4.78 is 48.7. The molecule has 1 atom stereocenters. The predicted molar refractivity (Wildman–Crippen MR) is 167 cm³/mol. The number of nitrogens with one attached hydrogen (secondary N) is 1. The van der Waals surface area contributed by atoms with Gasteiger partial charge in [-0.15, -0.1) is 0 Å². The lowest BCUT2D eigenvalue weighted by Gasteiger charge is -2.27. The molecule has 0 bridgehead atoms. The number of halogens is 3. The molecule has 0 fully saturated rings. The molecule has 0 saturated heterocycles. The molecule has 11 heteroatoms. The fraction of sp³-hybridized carbons (Fsp3) is 0.200. The summed E-state index contributed by atoms with van der Waals surface area (Å²) >= 11 is 0. The first-order chi connectivity index (χ1) is 21.8. The maximum Gasteiger partial charge on any atom is 0.417 e. The normalized spacial score (nSPS) is 12.5. The molecule has 2 aromatic heterocycles. The van der Waals surface area contributed by atoms with Gasteiger partial charge in [-0.05, 0) is 66.8 Å². The molecule has 0 aliphatic heterocycles. The molecule has 0 saturated carbocycles. The number of fused-ring (bicyclic) bond motifs is 1. The van der Waals surface area contributed by atoms with E-state index in [1.54, 1.807) is 56.3 Å². The van der Waals surface area contributed by atoms with Crippen LogP contribution in [0.15, 0.2) is 102 Å². The Bertz CT molecular complexity index is 1970. The summed E-state index contributed by atoms with van der Waals surface area (Å²) in [7, 11) is 1.34. The van der Waals surface area contributed by atoms with Gasteiger partial charge in [0.15, 0.2) is 0 Å². The van der Waals surface area contributed by atoms with Crippen LogP contribution in [-0.2, 0) is 34.6 Å². The maximum absolute atomic E-state index is 13.9. The van der Waals surface area contributed by atoms with Gasteiger partial charge in [-0.3, -0.25) is 14.6 Å². The molecule has 3 aromatic carbocycles. The van der Waals surface area contributed by atoms with Crippen LogP contribution >= 0.6 is 0 Å². The van der Waals surface area contributed by atoms with Gasteiger partial charge in [-0.25, -0.2) is 4.79 Å². The smallest absolute Gasteiger partial charge is 0.417 e. The first kappa shape index (κ1) is 32.0. The van der Waals surface area contributed by atoms with Gasteiger partial charge >= 0.3 is 12.1 Å². The topological polar surface area (TPSA) is 111 Å². The van der Waals surface area contributed by atoms with Gasteiger partial charge < -0.3 is 19.7 Å². The van der Waals surface area contributed by atoms with Gasteiger partial charge in [0.1, 0.15) is 17.5 Å². The van der Waals surface area contributed by atoms with Crippen LogP contribution in [0.1, 0.15) is 30.5 Å². The van der Waals surface area contributed by atoms with Crippen LogP contribution in [0.25, 0.3) is 22.0 Å². The minimum atomic E-state index is -4.81. The number of carboxylic acid groups (broad SMARTS) is 1. The Morgan fingerprint density at radius 2 is 1.59 bits per heavy atom. The molecular formula is C35H30F3N3O5. The first-order valence-corrected chi connectivity index (χ1v) is 14.3. The highest BCUT2D eigenvalue weighted by Crippen LogP contribution is 2.37. The van der Waals surface area contributed by atoms with Crippen LogP contribution < -0.4 is 15.6 Å². The number of aliphatic carboxylic acids is 1. The number of carbonyl (C=O) groups is 2. The third-order valence-corrected chi connectivity index (χ3v) is 7.86. The molecule has 2 heterocycles. The summed E-state index contributed by atoms with van der Waals surface area (Å²) in [6.07, 6.45) is -2.68. The number of benzene rings is 3. The van der Waals surface area contributed by atoms with Crippen molar-refractivity contribution < 1.29 is 32.6 Å². The van der Waals surface area contributed by atoms with Crippen molar-refractivity contribution in [3.8, 4) is 22.8 Å². The largest absolute Gasteiger partial charge is 0.480 e. The number of ether oxygens (including phenoxy) is 1. The van der Waals surface area contributed by atoms with Gasteiger partial charge in [-0.1, -0.05) is 48.5 Å². The molecule has 236 valence electrons. The Morgan fingerprint density at radius 1 is 0.913 bits per heavy atom. The van der Waals surface area contributed by atoms with Crippen LogP contribution in [0, 0.1) is 0 Å². The third kappa shape index (κ3) is 6.49. The number of para-hydroxylation sites is 1. The summed E-state index contributed by atoms with van der Waals surface area (Å²) in [6, 6.07) is 21.8. The number of rotatable bonds is 9. The van der Waals surface area contributed by atoms with E-state index in [0.717, 1.165) is 16.8 Å². The SMILES string of the molecule is Cn1ccc(C(F)(F)F)c(-c2nccc3c(C[C@H](NC(=O)C(C)(C)c4ccc(Oc5ccccc5)cc4)C(=O)O)cccc23)c1=O. The minimum absolute atomic E-state index is 0.176. The van der Waals surface area contributed by atoms with Crippen molar-refractivity contribution in [2.45, 2.75) is 37.9 Å². The number of nitrogens with zero attached hydrogens (tertiary/aromatic N) is 2. The van der Waals surface area contributed by atoms with E-state index in [1.165, 1.54) is 19.3 Å². The standard InChI is InChI=1S/C35H30F3N3O5/c1-34(2,22-12-14-24(15-13-22)46-23-9-5-4-6-10-23)33(45)40-28(32(43)44)20-21-8-7-11-26-25(21)16-18-39-30(26)29-27(35(36,37)38)17-19-41(3)31(29)42/h4-19,28H,20H2,1-3H3,(H,40,45)(H,43,44)/t28-/m0/s1. The third-order valence-electron chi connectivity index (χ3n) is 7.86. The highest BCUT2D eigenvalue weighted by atomic mass is 19.4. The summed E-state index contributed by atoms with van der Waals surface area (Å²) in [5.74, 6) is -0.616. The highest BCUT2D eigenvalue weighted by molar-refractivity contribution is 5.97. The Labute approximate surface area is 262 Å². The number of hydrogen-bond acceptors (Lipinski definition) is 5. The van der Waals surface area contributed by atoms with Crippen molar-refractivity contribution in [1.29, 1.82) is 0 Å². The van der Waals surface area contributed by atoms with Crippen LogP contribution in [0.4, 0.5) is 13.2 Å². The Balaban J connectivity index is 1.43. The van der Waals surface area contributed by atoms with Crippen LogP contribution in [0.5, 0.6) is 11.5 Å². The van der Waals surface area contributed by atoms with E-state index < -0.39 is 46.2 Å². The molecule has 0 spiro atoms. The molecule has 1 amide bonds. The quantitative estimate of drug-likeness (QED) is 0.193. The van der Waals surface area contributed by atoms with Crippen molar-refractivity contribution in [3.63, 3.8) is 0 Å². The zero-order valence-electron chi connectivity index (χ0n) is 25.1. The minimum Gasteiger partial charge on any atom is -0.480 e. The number of aromatic nitrogens is 2. The van der Waals surface area contributed by atoms with E-state index in [0.29, 0.717) is 28.0 Å². The average Bonchev–Trinajstić information content (AvgIpc) is 3.02. The summed E-state index contributed by atoms with van der Waals surface area (Å²) in [4.78, 5) is 43.0. The van der Waals surface area contributed by atoms with Crippen molar-refractivity contribution >= 4 is 22.6 Å². The number of aryl methyl sites for hydroxylation is 1. The number of carboxylic acids is 1. The highest BCUT2D eigenvalue weighted by Gasteiger charge is 2.37. The van der Waals surface area contributed by atoms with E-state index in [4.69, 9.17) is 4.74 Å². The van der Waals surface area contributed by atoms with Gasteiger partial charge in [-0.2, -0.15) is 13.2 Å². The molecule has 8 nitrogen and oxygen atoms in total. The number of alkyl halides is 3. The van der Waals surface area contributed by atoms with E-state index >= 15 is 0 Å². The number of amides is 1. The fourth-order valence-corrected chi connectivity index (χ4v) is 5.20. The maximum atomic E-state index is 13.9. The second-order valence-electron chi connectivity index (χ2n) is 11.3. The molecule has 2 N–H and O–H groups in total. The lowest BCUT2D eigenvalue weighted by Crippen LogP contribution is -2.49. The van der Waals surface area contributed by atoms with Crippen molar-refractivity contribution in [2.24, 2.45) is 7.05 Å². The van der Waals surface area contributed by atoms with Gasteiger partial charge in [0, 0.05) is 31.2 Å². The van der Waals surface area contributed by atoms with E-state index in [2.05, 4.69) is 10.3 Å². The molecule has 46 heavy (non-hydrogen) atoms. The number of pyridine rings is 2. The second kappa shape index (κ2) is 12.5. The molecule has 0 aliphatic carbocycles. The zero-order chi connectivity index (χ0) is 33.2. The van der Waals surface area contributed by atoms with Crippen molar-refractivity contribution in [3.05, 3.63) is 124 Å². The first-order valence-electron chi connectivity index (χ1n) is 14.3. The molecule has 5 aromatic rings. The lowest BCUT2D eigenvalue weighted by molar-refractivity contribution is -0.142. The fourth-order valence-electron chi connectivity index (χ4n) is 5.20. The van der Waals surface area contributed by atoms with Gasteiger partial charge in [0.2, 0.25) is 5.91 Å². The van der Waals surface area contributed by atoms with E-state index in [9.17, 15) is 32.7 Å². The summed E-state index contributed by atoms with van der Waals surface area (Å²) in [5, 5.41) is 13.3. The number of carbonyl (C=O) groups excluding carboxylic acids is 1. The second-order valence-corrected chi connectivity index (χ2v) is 11.3. The lowest BCUT2D eigenvalue weighted by atomic mass is 9.83. The molecule has 0 aliphatic rings. The van der Waals surface area contributed by atoms with E-state index in [-0.39, 0.29) is 17.5 Å². The molecular weight excluding hydrogens is 599 g/mol. The molecule has 0 unspecified atom stereocenters. The van der Waals surface area contributed by atoms with Crippen LogP contribution in [0.2, 0.25) is 0 Å². The Morgan fingerprint density at radius 3 is 2.24 bits per heavy atom.